The highest BCUT2D eigenvalue weighted by Crippen LogP contribution is 2.23. The third-order valence-corrected chi connectivity index (χ3v) is 3.55. The maximum absolute atomic E-state index is 11.9. The number of methoxy groups -OCH3 is 2. The first-order valence-electron chi connectivity index (χ1n) is 7.38. The van der Waals surface area contributed by atoms with Crippen LogP contribution in [-0.4, -0.2) is 32.6 Å². The van der Waals surface area contributed by atoms with Crippen LogP contribution in [0.15, 0.2) is 48.5 Å². The summed E-state index contributed by atoms with van der Waals surface area (Å²) in [5.74, 6) is 0.279. The molecule has 6 heteroatoms. The summed E-state index contributed by atoms with van der Waals surface area (Å²) in [6.07, 6.45) is 2.80. The monoisotopic (exact) mass is 360 g/mol. The van der Waals surface area contributed by atoms with E-state index in [1.807, 2.05) is 0 Å². The number of Topliss-reactive ketones (excluding diaryl/α,β-unsaturated/α-hetero) is 1. The molecule has 0 saturated carbocycles. The van der Waals surface area contributed by atoms with E-state index in [1.165, 1.54) is 6.08 Å². The normalized spacial score (nSPS) is 10.5. The summed E-state index contributed by atoms with van der Waals surface area (Å²) in [4.78, 5) is 23.7. The number of rotatable bonds is 7. The Labute approximate surface area is 150 Å². The van der Waals surface area contributed by atoms with Crippen LogP contribution in [0.4, 0.5) is 0 Å². The van der Waals surface area contributed by atoms with Gasteiger partial charge in [0.2, 0.25) is 0 Å². The minimum atomic E-state index is -0.621. The Balaban J connectivity index is 1.94. The molecule has 0 heterocycles. The highest BCUT2D eigenvalue weighted by Gasteiger charge is 2.08. The van der Waals surface area contributed by atoms with Gasteiger partial charge < -0.3 is 14.2 Å². The molecule has 0 aliphatic heterocycles. The van der Waals surface area contributed by atoms with Crippen LogP contribution in [0.25, 0.3) is 6.08 Å². The molecule has 2 rings (SSSR count). The highest BCUT2D eigenvalue weighted by atomic mass is 35.5. The Morgan fingerprint density at radius 3 is 2.16 bits per heavy atom. The molecule has 25 heavy (non-hydrogen) atoms. The zero-order chi connectivity index (χ0) is 18.2. The lowest BCUT2D eigenvalue weighted by atomic mass is 10.1. The van der Waals surface area contributed by atoms with E-state index in [4.69, 9.17) is 25.8 Å². The predicted molar refractivity (Wildman–Crippen MR) is 95.3 cm³/mol. The zero-order valence-corrected chi connectivity index (χ0v) is 14.6. The molecular formula is C19H17ClO5. The maximum atomic E-state index is 11.9. The van der Waals surface area contributed by atoms with Gasteiger partial charge in [-0.1, -0.05) is 11.6 Å². The topological polar surface area (TPSA) is 61.8 Å². The van der Waals surface area contributed by atoms with Crippen molar-refractivity contribution in [2.24, 2.45) is 0 Å². The third kappa shape index (κ3) is 5.65. The molecule has 130 valence electrons. The molecule has 2 aromatic carbocycles. The Bertz CT molecular complexity index is 759. The number of carbonyl (C=O) groups excluding carboxylic acids is 2. The van der Waals surface area contributed by atoms with Crippen LogP contribution in [0.1, 0.15) is 15.9 Å². The van der Waals surface area contributed by atoms with Crippen molar-refractivity contribution in [2.75, 3.05) is 20.8 Å². The molecule has 0 aromatic heterocycles. The Morgan fingerprint density at radius 2 is 1.60 bits per heavy atom. The average Bonchev–Trinajstić information content (AvgIpc) is 2.64. The van der Waals surface area contributed by atoms with E-state index < -0.39 is 5.97 Å². The fourth-order valence-corrected chi connectivity index (χ4v) is 2.12. The van der Waals surface area contributed by atoms with Crippen molar-refractivity contribution in [3.8, 4) is 11.5 Å². The lowest BCUT2D eigenvalue weighted by Crippen LogP contribution is -2.12. The van der Waals surface area contributed by atoms with Gasteiger partial charge in [0.15, 0.2) is 12.4 Å². The van der Waals surface area contributed by atoms with Gasteiger partial charge in [-0.25, -0.2) is 4.79 Å². The summed E-state index contributed by atoms with van der Waals surface area (Å²) < 4.78 is 15.3. The fourth-order valence-electron chi connectivity index (χ4n) is 1.99. The van der Waals surface area contributed by atoms with Crippen LogP contribution in [0.3, 0.4) is 0 Å². The minimum Gasteiger partial charge on any atom is -0.497 e. The molecule has 0 aliphatic carbocycles. The molecule has 0 aliphatic rings. The molecule has 0 saturated heterocycles. The molecule has 0 amide bonds. The number of halogens is 1. The van der Waals surface area contributed by atoms with Gasteiger partial charge in [-0.3, -0.25) is 4.79 Å². The van der Waals surface area contributed by atoms with Crippen molar-refractivity contribution in [3.63, 3.8) is 0 Å². The lowest BCUT2D eigenvalue weighted by Gasteiger charge is -2.06. The first-order chi connectivity index (χ1) is 12.0. The van der Waals surface area contributed by atoms with Crippen LogP contribution in [0, 0.1) is 0 Å². The molecule has 0 unspecified atom stereocenters. The molecule has 0 spiro atoms. The predicted octanol–water partition coefficient (Wildman–Crippen LogP) is 3.80. The van der Waals surface area contributed by atoms with E-state index in [0.29, 0.717) is 27.6 Å². The van der Waals surface area contributed by atoms with Gasteiger partial charge in [0.05, 0.1) is 14.2 Å². The summed E-state index contributed by atoms with van der Waals surface area (Å²) >= 11 is 5.76. The first-order valence-corrected chi connectivity index (χ1v) is 7.76. The quantitative estimate of drug-likeness (QED) is 0.427. The second-order valence-electron chi connectivity index (χ2n) is 5.02. The molecular weight excluding hydrogens is 344 g/mol. The van der Waals surface area contributed by atoms with Gasteiger partial charge in [-0.05, 0) is 48.0 Å². The number of ketones is 1. The Morgan fingerprint density at radius 1 is 1.00 bits per heavy atom. The van der Waals surface area contributed by atoms with Crippen LogP contribution in [0.2, 0.25) is 5.02 Å². The molecule has 0 N–H and O–H groups in total. The van der Waals surface area contributed by atoms with Crippen molar-refractivity contribution < 1.29 is 23.8 Å². The van der Waals surface area contributed by atoms with Gasteiger partial charge >= 0.3 is 5.97 Å². The average molecular weight is 361 g/mol. The van der Waals surface area contributed by atoms with Crippen molar-refractivity contribution >= 4 is 29.4 Å². The minimum absolute atomic E-state index is 0.304. The SMILES string of the molecule is COc1cc(/C=C/C(=O)OCC(=O)c2ccc(Cl)cc2)cc(OC)c1. The second kappa shape index (κ2) is 8.89. The Hall–Kier alpha value is -2.79. The first kappa shape index (κ1) is 18.5. The van der Waals surface area contributed by atoms with E-state index in [1.54, 1.807) is 62.8 Å². The van der Waals surface area contributed by atoms with E-state index in [-0.39, 0.29) is 12.4 Å². The van der Waals surface area contributed by atoms with Crippen molar-refractivity contribution in [2.45, 2.75) is 0 Å². The summed E-state index contributed by atoms with van der Waals surface area (Å²) in [7, 11) is 3.08. The Kier molecular flexibility index (Phi) is 6.60. The molecule has 5 nitrogen and oxygen atoms in total. The van der Waals surface area contributed by atoms with E-state index in [2.05, 4.69) is 0 Å². The zero-order valence-electron chi connectivity index (χ0n) is 13.8. The fraction of sp³-hybridized carbons (Fsp3) is 0.158. The lowest BCUT2D eigenvalue weighted by molar-refractivity contribution is -0.136. The van der Waals surface area contributed by atoms with Crippen LogP contribution in [0.5, 0.6) is 11.5 Å². The standard InChI is InChI=1S/C19H17ClO5/c1-23-16-9-13(10-17(11-16)24-2)3-8-19(22)25-12-18(21)14-4-6-15(20)7-5-14/h3-11H,12H2,1-2H3/b8-3+. The van der Waals surface area contributed by atoms with Gasteiger partial charge in [0, 0.05) is 22.7 Å². The number of esters is 1. The number of hydrogen-bond donors (Lipinski definition) is 0. The van der Waals surface area contributed by atoms with Crippen molar-refractivity contribution in [3.05, 3.63) is 64.7 Å². The molecule has 0 atom stereocenters. The molecule has 0 fully saturated rings. The molecule has 0 radical (unpaired) electrons. The molecule has 0 bridgehead atoms. The number of benzene rings is 2. The van der Waals surface area contributed by atoms with Gasteiger partial charge in [0.25, 0.3) is 0 Å². The number of carbonyl (C=O) groups is 2. The largest absolute Gasteiger partial charge is 0.497 e. The van der Waals surface area contributed by atoms with Gasteiger partial charge in [0.1, 0.15) is 11.5 Å². The third-order valence-electron chi connectivity index (χ3n) is 3.30. The van der Waals surface area contributed by atoms with Crippen LogP contribution in [-0.2, 0) is 9.53 Å². The maximum Gasteiger partial charge on any atom is 0.331 e. The number of ether oxygens (including phenoxy) is 3. The van der Waals surface area contributed by atoms with Gasteiger partial charge in [-0.2, -0.15) is 0 Å². The van der Waals surface area contributed by atoms with Crippen LogP contribution >= 0.6 is 11.6 Å². The molecule has 2 aromatic rings. The summed E-state index contributed by atoms with van der Waals surface area (Å²) in [6.45, 7) is -0.341. The van der Waals surface area contributed by atoms with Crippen molar-refractivity contribution in [1.82, 2.24) is 0 Å². The van der Waals surface area contributed by atoms with Gasteiger partial charge in [-0.15, -0.1) is 0 Å². The second-order valence-corrected chi connectivity index (χ2v) is 5.45. The highest BCUT2D eigenvalue weighted by molar-refractivity contribution is 6.30. The summed E-state index contributed by atoms with van der Waals surface area (Å²) in [6, 6.07) is 11.6. The smallest absolute Gasteiger partial charge is 0.331 e. The van der Waals surface area contributed by atoms with E-state index in [0.717, 1.165) is 0 Å². The number of hydrogen-bond acceptors (Lipinski definition) is 5. The summed E-state index contributed by atoms with van der Waals surface area (Å²) in [5, 5.41) is 0.533. The van der Waals surface area contributed by atoms with E-state index in [9.17, 15) is 9.59 Å². The van der Waals surface area contributed by atoms with Crippen LogP contribution < -0.4 is 9.47 Å². The summed E-state index contributed by atoms with van der Waals surface area (Å²) in [5.41, 5.74) is 1.14. The van der Waals surface area contributed by atoms with E-state index >= 15 is 0 Å². The van der Waals surface area contributed by atoms with Crippen molar-refractivity contribution in [1.29, 1.82) is 0 Å².